The van der Waals surface area contributed by atoms with Crippen LogP contribution in [-0.2, 0) is 11.8 Å². The lowest BCUT2D eigenvalue weighted by atomic mass is 9.71. The van der Waals surface area contributed by atoms with E-state index in [1.54, 1.807) is 19.3 Å². The molecule has 0 radical (unpaired) electrons. The van der Waals surface area contributed by atoms with Gasteiger partial charge in [-0.1, -0.05) is 26.0 Å². The van der Waals surface area contributed by atoms with Crippen LogP contribution >= 0.6 is 0 Å². The maximum atomic E-state index is 13.5. The Morgan fingerprint density at radius 2 is 1.66 bits per heavy atom. The number of carbonyl (C=O) groups excluding carboxylic acids is 2. The third kappa shape index (κ3) is 5.61. The van der Waals surface area contributed by atoms with Crippen LogP contribution in [0.1, 0.15) is 61.1 Å². The number of nitrogens with zero attached hydrogens (tertiary/aromatic N) is 3. The number of aryl methyl sites for hydroxylation is 3. The third-order valence-corrected chi connectivity index (χ3v) is 7.24. The molecule has 0 saturated heterocycles. The first-order valence-corrected chi connectivity index (χ1v) is 12.3. The highest BCUT2D eigenvalue weighted by Gasteiger charge is 2.36. The van der Waals surface area contributed by atoms with Gasteiger partial charge in [-0.15, -0.1) is 0 Å². The maximum Gasteiger partial charge on any atom is 0.270 e. The Morgan fingerprint density at radius 1 is 1.03 bits per heavy atom. The van der Waals surface area contributed by atoms with Crippen molar-refractivity contribution in [3.63, 3.8) is 0 Å². The molecule has 0 aliphatic heterocycles. The fraction of sp³-hybridized carbons (Fsp3) is 0.429. The molecule has 1 unspecified atom stereocenters. The number of nitrogens with one attached hydrogen (secondary N) is 2. The van der Waals surface area contributed by atoms with Crippen molar-refractivity contribution >= 4 is 17.5 Å². The van der Waals surface area contributed by atoms with Gasteiger partial charge in [0.2, 0.25) is 5.91 Å². The van der Waals surface area contributed by atoms with E-state index in [4.69, 9.17) is 0 Å². The van der Waals surface area contributed by atoms with Gasteiger partial charge < -0.3 is 10.6 Å². The van der Waals surface area contributed by atoms with Gasteiger partial charge in [0, 0.05) is 31.3 Å². The molecule has 3 aromatic rings. The van der Waals surface area contributed by atoms with Crippen molar-refractivity contribution in [1.29, 1.82) is 0 Å². The number of carbonyl (C=O) groups is 2. The molecule has 1 aliphatic rings. The first-order valence-electron chi connectivity index (χ1n) is 12.3. The second kappa shape index (κ2) is 10.0. The predicted octanol–water partition coefficient (Wildman–Crippen LogP) is 5.05. The summed E-state index contributed by atoms with van der Waals surface area (Å²) >= 11 is 0. The van der Waals surface area contributed by atoms with Crippen LogP contribution in [0.25, 0.3) is 11.1 Å². The molecule has 1 aromatic carbocycles. The minimum Gasteiger partial charge on any atom is -0.339 e. The van der Waals surface area contributed by atoms with E-state index in [1.165, 1.54) is 4.68 Å². The van der Waals surface area contributed by atoms with E-state index in [0.29, 0.717) is 11.4 Å². The fourth-order valence-electron chi connectivity index (χ4n) is 5.06. The summed E-state index contributed by atoms with van der Waals surface area (Å²) in [7, 11) is 1.72. The SMILES string of the molecule is Cc1cncc(C)c1-c1ccc(NC(=O)C(NC(=O)c2ccnn2C)C2CCC(C)(C)CC2)cc1. The molecule has 1 aliphatic carbocycles. The highest BCUT2D eigenvalue weighted by Crippen LogP contribution is 2.39. The maximum absolute atomic E-state index is 13.5. The normalized spacial score (nSPS) is 16.5. The van der Waals surface area contributed by atoms with E-state index in [9.17, 15) is 9.59 Å². The Labute approximate surface area is 207 Å². The van der Waals surface area contributed by atoms with Crippen LogP contribution in [0.15, 0.2) is 48.9 Å². The molecule has 7 nitrogen and oxygen atoms in total. The number of hydrogen-bond donors (Lipinski definition) is 2. The molecule has 2 N–H and O–H groups in total. The van der Waals surface area contributed by atoms with Gasteiger partial charge in [0.15, 0.2) is 0 Å². The number of pyridine rings is 1. The molecule has 0 spiro atoms. The minimum atomic E-state index is -0.613. The van der Waals surface area contributed by atoms with Crippen LogP contribution in [-0.4, -0.2) is 32.6 Å². The molecule has 1 atom stereocenters. The van der Waals surface area contributed by atoms with Crippen LogP contribution < -0.4 is 10.6 Å². The number of rotatable bonds is 6. The first kappa shape index (κ1) is 24.6. The molecule has 2 aromatic heterocycles. The summed E-state index contributed by atoms with van der Waals surface area (Å²) < 4.78 is 1.52. The minimum absolute atomic E-state index is 0.0848. The smallest absolute Gasteiger partial charge is 0.270 e. The summed E-state index contributed by atoms with van der Waals surface area (Å²) in [5.41, 5.74) is 5.87. The van der Waals surface area contributed by atoms with Gasteiger partial charge in [-0.3, -0.25) is 19.3 Å². The van der Waals surface area contributed by atoms with Crippen LogP contribution in [0.4, 0.5) is 5.69 Å². The molecule has 2 heterocycles. The van der Waals surface area contributed by atoms with E-state index in [-0.39, 0.29) is 23.1 Å². The summed E-state index contributed by atoms with van der Waals surface area (Å²) in [4.78, 5) is 30.7. The van der Waals surface area contributed by atoms with Gasteiger partial charge in [-0.25, -0.2) is 0 Å². The Kier molecular flexibility index (Phi) is 7.05. The van der Waals surface area contributed by atoms with Gasteiger partial charge in [-0.2, -0.15) is 5.10 Å². The molecule has 1 saturated carbocycles. The lowest BCUT2D eigenvalue weighted by molar-refractivity contribution is -0.119. The van der Waals surface area contributed by atoms with E-state index in [2.05, 4.69) is 34.6 Å². The summed E-state index contributed by atoms with van der Waals surface area (Å²) in [5.74, 6) is -0.384. The number of amides is 2. The van der Waals surface area contributed by atoms with Crippen molar-refractivity contribution < 1.29 is 9.59 Å². The van der Waals surface area contributed by atoms with E-state index >= 15 is 0 Å². The van der Waals surface area contributed by atoms with Crippen LogP contribution in [0, 0.1) is 25.2 Å². The highest BCUT2D eigenvalue weighted by atomic mass is 16.2. The monoisotopic (exact) mass is 473 g/mol. The van der Waals surface area contributed by atoms with Gasteiger partial charge in [0.1, 0.15) is 11.7 Å². The lowest BCUT2D eigenvalue weighted by Gasteiger charge is -2.37. The van der Waals surface area contributed by atoms with Crippen molar-refractivity contribution in [3.8, 4) is 11.1 Å². The van der Waals surface area contributed by atoms with Crippen molar-refractivity contribution in [3.05, 3.63) is 65.7 Å². The van der Waals surface area contributed by atoms with Gasteiger partial charge in [0.25, 0.3) is 5.91 Å². The summed E-state index contributed by atoms with van der Waals surface area (Å²) in [6, 6.07) is 8.90. The quantitative estimate of drug-likeness (QED) is 0.524. The topological polar surface area (TPSA) is 88.9 Å². The van der Waals surface area contributed by atoms with Crippen molar-refractivity contribution in [2.75, 3.05) is 5.32 Å². The Morgan fingerprint density at radius 3 is 2.23 bits per heavy atom. The zero-order valence-electron chi connectivity index (χ0n) is 21.3. The second-order valence-electron chi connectivity index (χ2n) is 10.5. The molecule has 184 valence electrons. The van der Waals surface area contributed by atoms with Crippen LogP contribution in [0.5, 0.6) is 0 Å². The molecular formula is C28H35N5O2. The molecule has 35 heavy (non-hydrogen) atoms. The third-order valence-electron chi connectivity index (χ3n) is 7.24. The van der Waals surface area contributed by atoms with E-state index in [1.807, 2.05) is 50.5 Å². The van der Waals surface area contributed by atoms with Crippen LogP contribution in [0.3, 0.4) is 0 Å². The van der Waals surface area contributed by atoms with E-state index in [0.717, 1.165) is 47.9 Å². The molecule has 0 bridgehead atoms. The number of aromatic nitrogens is 3. The first-order chi connectivity index (χ1) is 16.6. The molecule has 2 amide bonds. The molecular weight excluding hydrogens is 438 g/mol. The number of anilines is 1. The predicted molar refractivity (Wildman–Crippen MR) is 138 cm³/mol. The number of hydrogen-bond acceptors (Lipinski definition) is 4. The highest BCUT2D eigenvalue weighted by molar-refractivity contribution is 6.00. The Hall–Kier alpha value is -3.48. The summed E-state index contributed by atoms with van der Waals surface area (Å²) in [6.45, 7) is 8.62. The summed E-state index contributed by atoms with van der Waals surface area (Å²) in [5, 5.41) is 10.1. The van der Waals surface area contributed by atoms with Gasteiger partial charge in [-0.05, 0) is 91.3 Å². The Bertz CT molecular complexity index is 1180. The van der Waals surface area contributed by atoms with Gasteiger partial charge >= 0.3 is 0 Å². The zero-order valence-corrected chi connectivity index (χ0v) is 21.3. The average molecular weight is 474 g/mol. The molecule has 4 rings (SSSR count). The van der Waals surface area contributed by atoms with Crippen molar-refractivity contribution in [2.24, 2.45) is 18.4 Å². The lowest BCUT2D eigenvalue weighted by Crippen LogP contribution is -2.50. The van der Waals surface area contributed by atoms with Crippen LogP contribution in [0.2, 0.25) is 0 Å². The standard InChI is InChI=1S/C28H35N5O2/c1-18-16-29-17-19(2)24(18)20-6-8-22(9-7-20)31-27(35)25(21-10-13-28(3,4)14-11-21)32-26(34)23-12-15-30-33(23)5/h6-9,12,15-17,21,25H,10-11,13-14H2,1-5H3,(H,31,35)(H,32,34). The van der Waals surface area contributed by atoms with Crippen molar-refractivity contribution in [1.82, 2.24) is 20.1 Å². The second-order valence-corrected chi connectivity index (χ2v) is 10.5. The van der Waals surface area contributed by atoms with Crippen molar-refractivity contribution in [2.45, 2.75) is 59.4 Å². The Balaban J connectivity index is 1.52. The summed E-state index contributed by atoms with van der Waals surface area (Å²) in [6.07, 6.45) is 9.16. The fourth-order valence-corrected chi connectivity index (χ4v) is 5.06. The average Bonchev–Trinajstić information content (AvgIpc) is 3.24. The molecule has 1 fully saturated rings. The largest absolute Gasteiger partial charge is 0.339 e. The number of benzene rings is 1. The zero-order chi connectivity index (χ0) is 25.2. The van der Waals surface area contributed by atoms with E-state index < -0.39 is 6.04 Å². The molecule has 7 heteroatoms. The van der Waals surface area contributed by atoms with Gasteiger partial charge in [0.05, 0.1) is 0 Å².